The third kappa shape index (κ3) is 4.49. The summed E-state index contributed by atoms with van der Waals surface area (Å²) in [5.41, 5.74) is 0. The smallest absolute Gasteiger partial charge is 0.0541 e. The number of benzene rings is 1. The summed E-state index contributed by atoms with van der Waals surface area (Å²) in [6.07, 6.45) is 5.46. The van der Waals surface area contributed by atoms with Gasteiger partial charge in [-0.3, -0.25) is 0 Å². The summed E-state index contributed by atoms with van der Waals surface area (Å²) >= 11 is 7.97. The number of nitrogens with one attached hydrogen (secondary N) is 1. The van der Waals surface area contributed by atoms with Crippen molar-refractivity contribution in [3.63, 3.8) is 0 Å². The first-order valence-electron chi connectivity index (χ1n) is 6.86. The third-order valence-electron chi connectivity index (χ3n) is 3.65. The average Bonchev–Trinajstić information content (AvgIpc) is 2.39. The normalized spacial score (nSPS) is 24.1. The Kier molecular flexibility index (Phi) is 5.87. The van der Waals surface area contributed by atoms with Crippen molar-refractivity contribution in [2.75, 3.05) is 12.3 Å². The van der Waals surface area contributed by atoms with Crippen LogP contribution in [0.3, 0.4) is 0 Å². The fourth-order valence-corrected chi connectivity index (χ4v) is 3.57. The van der Waals surface area contributed by atoms with Crippen LogP contribution >= 0.6 is 23.4 Å². The largest absolute Gasteiger partial charge is 0.313 e. The van der Waals surface area contributed by atoms with Gasteiger partial charge in [0.15, 0.2) is 0 Å². The van der Waals surface area contributed by atoms with Crippen molar-refractivity contribution in [2.24, 2.45) is 5.92 Å². The minimum absolute atomic E-state index is 0.744. The number of hydrogen-bond donors (Lipinski definition) is 1. The molecule has 1 N–H and O–H groups in total. The highest BCUT2D eigenvalue weighted by Gasteiger charge is 2.17. The molecule has 0 spiro atoms. The first-order chi connectivity index (χ1) is 8.75. The van der Waals surface area contributed by atoms with Crippen LogP contribution in [0.1, 0.15) is 32.6 Å². The minimum Gasteiger partial charge on any atom is -0.313 e. The summed E-state index contributed by atoms with van der Waals surface area (Å²) in [5.74, 6) is 2.02. The fourth-order valence-electron chi connectivity index (χ4n) is 2.45. The number of thioether (sulfide) groups is 1. The van der Waals surface area contributed by atoms with E-state index in [0.29, 0.717) is 0 Å². The number of rotatable bonds is 5. The summed E-state index contributed by atoms with van der Waals surface area (Å²) in [5, 5.41) is 4.54. The van der Waals surface area contributed by atoms with Crippen molar-refractivity contribution in [2.45, 2.75) is 43.5 Å². The molecule has 0 radical (unpaired) electrons. The topological polar surface area (TPSA) is 12.0 Å². The second-order valence-corrected chi connectivity index (χ2v) is 6.73. The van der Waals surface area contributed by atoms with Gasteiger partial charge in [0.25, 0.3) is 0 Å². The van der Waals surface area contributed by atoms with Crippen molar-refractivity contribution in [1.82, 2.24) is 5.32 Å². The van der Waals surface area contributed by atoms with Gasteiger partial charge in [-0.1, -0.05) is 30.7 Å². The molecule has 0 bridgehead atoms. The molecule has 1 nitrogen and oxygen atoms in total. The maximum Gasteiger partial charge on any atom is 0.0541 e. The van der Waals surface area contributed by atoms with Gasteiger partial charge in [0.2, 0.25) is 0 Å². The average molecular weight is 284 g/mol. The maximum atomic E-state index is 6.13. The third-order valence-corrected chi connectivity index (χ3v) is 5.16. The number of hydrogen-bond acceptors (Lipinski definition) is 2. The molecule has 0 atom stereocenters. The van der Waals surface area contributed by atoms with Crippen molar-refractivity contribution >= 4 is 23.4 Å². The molecule has 1 aliphatic rings. The lowest BCUT2D eigenvalue weighted by Crippen LogP contribution is -2.34. The molecule has 0 saturated heterocycles. The molecule has 3 heteroatoms. The first kappa shape index (κ1) is 14.2. The molecule has 0 heterocycles. The minimum atomic E-state index is 0.744. The Morgan fingerprint density at radius 1 is 1.22 bits per heavy atom. The Morgan fingerprint density at radius 2 is 1.94 bits per heavy atom. The molecule has 100 valence electrons. The lowest BCUT2D eigenvalue weighted by Gasteiger charge is -2.27. The van der Waals surface area contributed by atoms with Crippen LogP contribution in [0.4, 0.5) is 0 Å². The van der Waals surface area contributed by atoms with Crippen LogP contribution in [-0.4, -0.2) is 18.3 Å². The molecule has 2 rings (SSSR count). The molecule has 1 aromatic carbocycles. The van der Waals surface area contributed by atoms with Crippen LogP contribution in [0.2, 0.25) is 5.02 Å². The Labute approximate surface area is 120 Å². The molecule has 1 aliphatic carbocycles. The van der Waals surface area contributed by atoms with Crippen LogP contribution in [0.25, 0.3) is 0 Å². The van der Waals surface area contributed by atoms with Crippen molar-refractivity contribution < 1.29 is 0 Å². The first-order valence-corrected chi connectivity index (χ1v) is 8.23. The summed E-state index contributed by atoms with van der Waals surface area (Å²) in [6.45, 7) is 3.44. The van der Waals surface area contributed by atoms with E-state index < -0.39 is 0 Å². The summed E-state index contributed by atoms with van der Waals surface area (Å²) in [4.78, 5) is 1.19. The van der Waals surface area contributed by atoms with Crippen LogP contribution < -0.4 is 5.32 Å². The second kappa shape index (κ2) is 7.42. The van der Waals surface area contributed by atoms with Gasteiger partial charge in [0.1, 0.15) is 0 Å². The van der Waals surface area contributed by atoms with E-state index in [4.69, 9.17) is 11.6 Å². The Balaban J connectivity index is 1.63. The van der Waals surface area contributed by atoms with E-state index in [1.165, 1.54) is 30.6 Å². The van der Waals surface area contributed by atoms with Gasteiger partial charge < -0.3 is 5.32 Å². The molecule has 0 aromatic heterocycles. The maximum absolute atomic E-state index is 6.13. The van der Waals surface area contributed by atoms with Crippen molar-refractivity contribution in [3.8, 4) is 0 Å². The standard InChI is InChI=1S/C15H22ClNS/c1-12-6-8-13(9-7-12)17-10-11-18-15-5-3-2-4-14(15)16/h2-5,12-13,17H,6-11H2,1H3. The Morgan fingerprint density at radius 3 is 2.67 bits per heavy atom. The van der Waals surface area contributed by atoms with Crippen molar-refractivity contribution in [3.05, 3.63) is 29.3 Å². The van der Waals surface area contributed by atoms with E-state index in [-0.39, 0.29) is 0 Å². The highest BCUT2D eigenvalue weighted by Crippen LogP contribution is 2.26. The lowest BCUT2D eigenvalue weighted by atomic mass is 9.87. The molecule has 1 saturated carbocycles. The quantitative estimate of drug-likeness (QED) is 0.626. The molecule has 1 aromatic rings. The van der Waals surface area contributed by atoms with E-state index >= 15 is 0 Å². The molecule has 18 heavy (non-hydrogen) atoms. The Bertz CT molecular complexity index is 361. The van der Waals surface area contributed by atoms with Crippen LogP contribution in [-0.2, 0) is 0 Å². The molecular weight excluding hydrogens is 262 g/mol. The van der Waals surface area contributed by atoms with Gasteiger partial charge in [-0.25, -0.2) is 0 Å². The molecule has 0 aliphatic heterocycles. The Hall–Kier alpha value is -0.180. The van der Waals surface area contributed by atoms with Gasteiger partial charge in [-0.05, 0) is 43.7 Å². The molecule has 0 amide bonds. The van der Waals surface area contributed by atoms with Crippen LogP contribution in [0.5, 0.6) is 0 Å². The monoisotopic (exact) mass is 283 g/mol. The van der Waals surface area contributed by atoms with Crippen molar-refractivity contribution in [1.29, 1.82) is 0 Å². The SMILES string of the molecule is CC1CCC(NCCSc2ccccc2Cl)CC1. The van der Waals surface area contributed by atoms with Gasteiger partial charge in [0, 0.05) is 23.2 Å². The summed E-state index contributed by atoms with van der Waals surface area (Å²) in [6, 6.07) is 8.82. The van der Waals surface area contributed by atoms with E-state index in [9.17, 15) is 0 Å². The van der Waals surface area contributed by atoms with Crippen LogP contribution in [0, 0.1) is 5.92 Å². The molecule has 1 fully saturated rings. The van der Waals surface area contributed by atoms with Gasteiger partial charge in [0.05, 0.1) is 5.02 Å². The van der Waals surface area contributed by atoms with E-state index in [1.54, 1.807) is 0 Å². The van der Waals surface area contributed by atoms with Gasteiger partial charge in [-0.2, -0.15) is 0 Å². The van der Waals surface area contributed by atoms with E-state index in [2.05, 4.69) is 18.3 Å². The summed E-state index contributed by atoms with van der Waals surface area (Å²) in [7, 11) is 0. The van der Waals surface area contributed by atoms with Gasteiger partial charge >= 0.3 is 0 Å². The zero-order valence-corrected chi connectivity index (χ0v) is 12.6. The highest BCUT2D eigenvalue weighted by molar-refractivity contribution is 7.99. The van der Waals surface area contributed by atoms with E-state index in [0.717, 1.165) is 29.3 Å². The molecular formula is C15H22ClNS. The highest BCUT2D eigenvalue weighted by atomic mass is 35.5. The lowest BCUT2D eigenvalue weighted by molar-refractivity contribution is 0.312. The predicted molar refractivity (Wildman–Crippen MR) is 81.6 cm³/mol. The second-order valence-electron chi connectivity index (χ2n) is 5.19. The van der Waals surface area contributed by atoms with Gasteiger partial charge in [-0.15, -0.1) is 11.8 Å². The van der Waals surface area contributed by atoms with E-state index in [1.807, 2.05) is 30.0 Å². The number of halogens is 1. The zero-order chi connectivity index (χ0) is 12.8. The fraction of sp³-hybridized carbons (Fsp3) is 0.600. The van der Waals surface area contributed by atoms with Crippen LogP contribution in [0.15, 0.2) is 29.2 Å². The predicted octanol–water partition coefficient (Wildman–Crippen LogP) is 4.60. The zero-order valence-electron chi connectivity index (χ0n) is 11.0. The molecule has 0 unspecified atom stereocenters. The summed E-state index contributed by atoms with van der Waals surface area (Å²) < 4.78 is 0.